The Morgan fingerprint density at radius 1 is 0.833 bits per heavy atom. The van der Waals surface area contributed by atoms with Crippen LogP contribution in [0.25, 0.3) is 0 Å². The zero-order valence-electron chi connectivity index (χ0n) is 13.5. The molecule has 1 heterocycles. The lowest BCUT2D eigenvalue weighted by molar-refractivity contribution is 0.0649. The molecule has 0 spiro atoms. The Morgan fingerprint density at radius 2 is 1.42 bits per heavy atom. The van der Waals surface area contributed by atoms with Crippen molar-refractivity contribution < 1.29 is 19.1 Å². The van der Waals surface area contributed by atoms with Crippen LogP contribution in [0.5, 0.6) is 11.5 Å². The maximum Gasteiger partial charge on any atom is 0.261 e. The second-order valence-corrected chi connectivity index (χ2v) is 5.51. The van der Waals surface area contributed by atoms with Gasteiger partial charge in [-0.05, 0) is 37.1 Å². The van der Waals surface area contributed by atoms with Crippen LogP contribution < -0.4 is 9.47 Å². The van der Waals surface area contributed by atoms with E-state index in [1.54, 1.807) is 31.4 Å². The zero-order valence-corrected chi connectivity index (χ0v) is 13.5. The zero-order chi connectivity index (χ0) is 16.9. The molecule has 0 atom stereocenters. The first-order chi connectivity index (χ1) is 11.7. The van der Waals surface area contributed by atoms with Crippen molar-refractivity contribution in [2.75, 3.05) is 20.3 Å². The number of hydrogen-bond acceptors (Lipinski definition) is 4. The van der Waals surface area contributed by atoms with Crippen LogP contribution in [0, 0.1) is 0 Å². The third kappa shape index (κ3) is 3.11. The molecule has 0 aliphatic carbocycles. The smallest absolute Gasteiger partial charge is 0.261 e. The predicted octanol–water partition coefficient (Wildman–Crippen LogP) is 3.15. The molecule has 124 valence electrons. The molecule has 1 aliphatic heterocycles. The van der Waals surface area contributed by atoms with E-state index < -0.39 is 0 Å². The first-order valence-corrected chi connectivity index (χ1v) is 7.93. The van der Waals surface area contributed by atoms with Gasteiger partial charge in [-0.1, -0.05) is 24.3 Å². The van der Waals surface area contributed by atoms with Gasteiger partial charge < -0.3 is 9.47 Å². The second-order valence-electron chi connectivity index (χ2n) is 5.51. The van der Waals surface area contributed by atoms with E-state index in [1.807, 2.05) is 24.3 Å². The van der Waals surface area contributed by atoms with E-state index in [0.29, 0.717) is 42.2 Å². The van der Waals surface area contributed by atoms with Crippen LogP contribution in [-0.4, -0.2) is 37.0 Å². The Morgan fingerprint density at radius 3 is 2.04 bits per heavy atom. The molecular formula is C19H19NO4. The van der Waals surface area contributed by atoms with E-state index in [-0.39, 0.29) is 11.8 Å². The summed E-state index contributed by atoms with van der Waals surface area (Å²) in [6, 6.07) is 14.4. The molecule has 2 amide bonds. The first kappa shape index (κ1) is 16.1. The standard InChI is InChI=1S/C19H19NO4/c1-23-16-10-4-5-11-17(16)24-13-7-6-12-20-18(21)14-8-2-3-9-15(14)19(20)22/h2-5,8-11H,6-7,12-13H2,1H3. The quantitative estimate of drug-likeness (QED) is 0.580. The van der Waals surface area contributed by atoms with Gasteiger partial charge in [-0.2, -0.15) is 0 Å². The molecule has 5 heteroatoms. The molecule has 0 unspecified atom stereocenters. The van der Waals surface area contributed by atoms with Crippen molar-refractivity contribution in [3.63, 3.8) is 0 Å². The largest absolute Gasteiger partial charge is 0.493 e. The summed E-state index contributed by atoms with van der Waals surface area (Å²) < 4.78 is 10.9. The normalized spacial score (nSPS) is 13.1. The molecule has 0 aromatic heterocycles. The first-order valence-electron chi connectivity index (χ1n) is 7.93. The predicted molar refractivity (Wildman–Crippen MR) is 89.5 cm³/mol. The van der Waals surface area contributed by atoms with Gasteiger partial charge in [-0.25, -0.2) is 0 Å². The number of amides is 2. The summed E-state index contributed by atoms with van der Waals surface area (Å²) >= 11 is 0. The van der Waals surface area contributed by atoms with E-state index >= 15 is 0 Å². The molecule has 2 aromatic carbocycles. The number of benzene rings is 2. The average Bonchev–Trinajstić information content (AvgIpc) is 2.87. The molecular weight excluding hydrogens is 306 g/mol. The second kappa shape index (κ2) is 7.17. The fraction of sp³-hybridized carbons (Fsp3) is 0.263. The van der Waals surface area contributed by atoms with Gasteiger partial charge in [-0.3, -0.25) is 14.5 Å². The summed E-state index contributed by atoms with van der Waals surface area (Å²) in [6.07, 6.45) is 1.44. The Labute approximate surface area is 140 Å². The van der Waals surface area contributed by atoms with Gasteiger partial charge in [0.25, 0.3) is 11.8 Å². The minimum absolute atomic E-state index is 0.207. The number of carbonyl (C=O) groups excluding carboxylic acids is 2. The lowest BCUT2D eigenvalue weighted by Gasteiger charge is -2.14. The van der Waals surface area contributed by atoms with Crippen molar-refractivity contribution in [2.45, 2.75) is 12.8 Å². The molecule has 24 heavy (non-hydrogen) atoms. The molecule has 0 saturated heterocycles. The van der Waals surface area contributed by atoms with E-state index in [9.17, 15) is 9.59 Å². The van der Waals surface area contributed by atoms with Crippen molar-refractivity contribution in [1.82, 2.24) is 4.90 Å². The fourth-order valence-corrected chi connectivity index (χ4v) is 2.73. The van der Waals surface area contributed by atoms with E-state index in [2.05, 4.69) is 0 Å². The van der Waals surface area contributed by atoms with Crippen LogP contribution in [0.3, 0.4) is 0 Å². The Bertz CT molecular complexity index is 722. The summed E-state index contributed by atoms with van der Waals surface area (Å²) in [4.78, 5) is 25.8. The van der Waals surface area contributed by atoms with Crippen LogP contribution >= 0.6 is 0 Å². The maximum atomic E-state index is 12.2. The highest BCUT2D eigenvalue weighted by atomic mass is 16.5. The Balaban J connectivity index is 1.48. The number of rotatable bonds is 7. The summed E-state index contributed by atoms with van der Waals surface area (Å²) in [5, 5.41) is 0. The summed E-state index contributed by atoms with van der Waals surface area (Å²) in [6.45, 7) is 0.908. The molecule has 0 N–H and O–H groups in total. The number of ether oxygens (including phenoxy) is 2. The number of carbonyl (C=O) groups is 2. The molecule has 1 aliphatic rings. The van der Waals surface area contributed by atoms with Crippen LogP contribution in [0.1, 0.15) is 33.6 Å². The minimum atomic E-state index is -0.207. The molecule has 0 saturated carbocycles. The van der Waals surface area contributed by atoms with Crippen LogP contribution in [0.2, 0.25) is 0 Å². The third-order valence-electron chi connectivity index (χ3n) is 3.98. The number of para-hydroxylation sites is 2. The monoisotopic (exact) mass is 325 g/mol. The summed E-state index contributed by atoms with van der Waals surface area (Å²) in [5.41, 5.74) is 0.987. The third-order valence-corrected chi connectivity index (χ3v) is 3.98. The number of unbranched alkanes of at least 4 members (excludes halogenated alkanes) is 1. The topological polar surface area (TPSA) is 55.8 Å². The van der Waals surface area contributed by atoms with Crippen molar-refractivity contribution in [1.29, 1.82) is 0 Å². The number of fused-ring (bicyclic) bond motifs is 1. The van der Waals surface area contributed by atoms with Gasteiger partial charge in [0.1, 0.15) is 0 Å². The minimum Gasteiger partial charge on any atom is -0.493 e. The van der Waals surface area contributed by atoms with E-state index in [1.165, 1.54) is 4.90 Å². The molecule has 0 fully saturated rings. The van der Waals surface area contributed by atoms with Gasteiger partial charge in [0.2, 0.25) is 0 Å². The van der Waals surface area contributed by atoms with Gasteiger partial charge in [-0.15, -0.1) is 0 Å². The van der Waals surface area contributed by atoms with Crippen molar-refractivity contribution >= 4 is 11.8 Å². The number of imide groups is 1. The molecule has 0 radical (unpaired) electrons. The fourth-order valence-electron chi connectivity index (χ4n) is 2.73. The average molecular weight is 325 g/mol. The molecule has 0 bridgehead atoms. The summed E-state index contributed by atoms with van der Waals surface area (Å²) in [5.74, 6) is 0.973. The highest BCUT2D eigenvalue weighted by Gasteiger charge is 2.34. The van der Waals surface area contributed by atoms with Crippen molar-refractivity contribution in [3.05, 3.63) is 59.7 Å². The Kier molecular flexibility index (Phi) is 4.79. The number of hydrogen-bond donors (Lipinski definition) is 0. The lowest BCUT2D eigenvalue weighted by atomic mass is 10.1. The molecule has 2 aromatic rings. The van der Waals surface area contributed by atoms with Crippen LogP contribution in [0.4, 0.5) is 0 Å². The maximum absolute atomic E-state index is 12.2. The van der Waals surface area contributed by atoms with Crippen LogP contribution in [0.15, 0.2) is 48.5 Å². The van der Waals surface area contributed by atoms with Gasteiger partial charge >= 0.3 is 0 Å². The highest BCUT2D eigenvalue weighted by Crippen LogP contribution is 2.26. The lowest BCUT2D eigenvalue weighted by Crippen LogP contribution is -2.30. The number of nitrogens with zero attached hydrogens (tertiary/aromatic N) is 1. The van der Waals surface area contributed by atoms with Crippen molar-refractivity contribution in [3.8, 4) is 11.5 Å². The number of methoxy groups -OCH3 is 1. The van der Waals surface area contributed by atoms with E-state index in [4.69, 9.17) is 9.47 Å². The highest BCUT2D eigenvalue weighted by molar-refractivity contribution is 6.21. The van der Waals surface area contributed by atoms with Crippen LogP contribution in [-0.2, 0) is 0 Å². The van der Waals surface area contributed by atoms with E-state index in [0.717, 1.165) is 6.42 Å². The van der Waals surface area contributed by atoms with Gasteiger partial charge in [0.15, 0.2) is 11.5 Å². The molecule has 3 rings (SSSR count). The Hall–Kier alpha value is -2.82. The SMILES string of the molecule is COc1ccccc1OCCCCN1C(=O)c2ccccc2C1=O. The van der Waals surface area contributed by atoms with Crippen molar-refractivity contribution in [2.24, 2.45) is 0 Å². The summed E-state index contributed by atoms with van der Waals surface area (Å²) in [7, 11) is 1.60. The van der Waals surface area contributed by atoms with Gasteiger partial charge in [0.05, 0.1) is 24.8 Å². The van der Waals surface area contributed by atoms with Gasteiger partial charge in [0, 0.05) is 6.54 Å². The molecule has 5 nitrogen and oxygen atoms in total.